The van der Waals surface area contributed by atoms with Crippen molar-refractivity contribution in [2.45, 2.75) is 38.0 Å². The quantitative estimate of drug-likeness (QED) is 0.616. The first kappa shape index (κ1) is 21.5. The summed E-state index contributed by atoms with van der Waals surface area (Å²) in [4.78, 5) is 11.0. The zero-order valence-corrected chi connectivity index (χ0v) is 17.8. The highest BCUT2D eigenvalue weighted by Crippen LogP contribution is 2.29. The second kappa shape index (κ2) is 7.91. The van der Waals surface area contributed by atoms with Crippen LogP contribution in [0, 0.1) is 5.82 Å². The van der Waals surface area contributed by atoms with Crippen LogP contribution >= 0.6 is 0 Å². The van der Waals surface area contributed by atoms with Crippen LogP contribution in [-0.2, 0) is 20.3 Å². The topological polar surface area (TPSA) is 90.3 Å². The Morgan fingerprint density at radius 1 is 1.07 bits per heavy atom. The van der Waals surface area contributed by atoms with E-state index in [4.69, 9.17) is 4.18 Å². The SMILES string of the molecule is CC(=O)Nc1ccc(S(=O)(=O)Oc2cc(C(C)(C)C)nn2-c2ccc(F)cc2)cc1. The van der Waals surface area contributed by atoms with Crippen molar-refractivity contribution >= 4 is 21.7 Å². The molecule has 0 aliphatic rings. The lowest BCUT2D eigenvalue weighted by Gasteiger charge is -2.13. The summed E-state index contributed by atoms with van der Waals surface area (Å²) >= 11 is 0. The van der Waals surface area contributed by atoms with Gasteiger partial charge in [0, 0.05) is 24.1 Å². The number of carbonyl (C=O) groups excluding carboxylic acids is 1. The summed E-state index contributed by atoms with van der Waals surface area (Å²) in [5, 5.41) is 7.03. The number of nitrogens with one attached hydrogen (secondary N) is 1. The Bertz CT molecular complexity index is 1160. The molecular formula is C21H22FN3O4S. The molecule has 0 saturated heterocycles. The summed E-state index contributed by atoms with van der Waals surface area (Å²) in [7, 11) is -4.18. The minimum atomic E-state index is -4.18. The van der Waals surface area contributed by atoms with Gasteiger partial charge in [-0.15, -0.1) is 0 Å². The molecular weight excluding hydrogens is 409 g/mol. The smallest absolute Gasteiger partial charge is 0.340 e. The number of halogens is 1. The van der Waals surface area contributed by atoms with Gasteiger partial charge in [-0.2, -0.15) is 18.2 Å². The van der Waals surface area contributed by atoms with Crippen LogP contribution in [0.4, 0.5) is 10.1 Å². The molecule has 9 heteroatoms. The maximum absolute atomic E-state index is 13.3. The van der Waals surface area contributed by atoms with E-state index < -0.39 is 15.9 Å². The molecule has 0 spiro atoms. The first-order valence-electron chi connectivity index (χ1n) is 9.14. The second-order valence-electron chi connectivity index (χ2n) is 7.75. The fourth-order valence-electron chi connectivity index (χ4n) is 2.63. The van der Waals surface area contributed by atoms with Gasteiger partial charge in [0.15, 0.2) is 0 Å². The third-order valence-electron chi connectivity index (χ3n) is 4.17. The standard InChI is InChI=1S/C21H22FN3O4S/c1-14(26)23-16-7-11-18(12-8-16)30(27,28)29-20-13-19(21(2,3)4)24-25(20)17-9-5-15(22)6-10-17/h5-13H,1-4H3,(H,23,26). The van der Waals surface area contributed by atoms with Gasteiger partial charge in [0.1, 0.15) is 10.7 Å². The van der Waals surface area contributed by atoms with E-state index in [0.717, 1.165) is 0 Å². The highest BCUT2D eigenvalue weighted by atomic mass is 32.2. The van der Waals surface area contributed by atoms with Crippen LogP contribution in [0.2, 0.25) is 0 Å². The van der Waals surface area contributed by atoms with Crippen molar-refractivity contribution in [3.05, 3.63) is 66.1 Å². The highest BCUT2D eigenvalue weighted by Gasteiger charge is 2.25. The van der Waals surface area contributed by atoms with Gasteiger partial charge in [0.25, 0.3) is 0 Å². The normalized spacial score (nSPS) is 11.9. The minimum absolute atomic E-state index is 0.0162. The lowest BCUT2D eigenvalue weighted by atomic mass is 9.93. The van der Waals surface area contributed by atoms with Crippen LogP contribution in [0.25, 0.3) is 5.69 Å². The maximum atomic E-state index is 13.3. The molecule has 1 N–H and O–H groups in total. The summed E-state index contributed by atoms with van der Waals surface area (Å²) in [6.07, 6.45) is 0. The molecule has 158 valence electrons. The van der Waals surface area contributed by atoms with E-state index in [1.807, 2.05) is 20.8 Å². The van der Waals surface area contributed by atoms with Crippen molar-refractivity contribution in [1.82, 2.24) is 9.78 Å². The van der Waals surface area contributed by atoms with E-state index in [9.17, 15) is 17.6 Å². The van der Waals surface area contributed by atoms with Gasteiger partial charge in [-0.05, 0) is 48.5 Å². The number of aromatic nitrogens is 2. The van der Waals surface area contributed by atoms with Crippen LogP contribution in [0.3, 0.4) is 0 Å². The predicted molar refractivity (Wildman–Crippen MR) is 111 cm³/mol. The third-order valence-corrected chi connectivity index (χ3v) is 5.41. The predicted octanol–water partition coefficient (Wildman–Crippen LogP) is 4.04. The van der Waals surface area contributed by atoms with Crippen LogP contribution in [0.15, 0.2) is 59.5 Å². The van der Waals surface area contributed by atoms with Gasteiger partial charge < -0.3 is 9.50 Å². The summed E-state index contributed by atoms with van der Waals surface area (Å²) in [5.74, 6) is -0.700. The van der Waals surface area contributed by atoms with Crippen molar-refractivity contribution in [1.29, 1.82) is 0 Å². The molecule has 0 unspecified atom stereocenters. The molecule has 1 amide bonds. The average molecular weight is 431 g/mol. The van der Waals surface area contributed by atoms with Gasteiger partial charge in [-0.1, -0.05) is 20.8 Å². The molecule has 3 aromatic rings. The van der Waals surface area contributed by atoms with Gasteiger partial charge in [-0.3, -0.25) is 4.79 Å². The number of anilines is 1. The average Bonchev–Trinajstić information content (AvgIpc) is 3.06. The Morgan fingerprint density at radius 3 is 2.20 bits per heavy atom. The lowest BCUT2D eigenvalue weighted by Crippen LogP contribution is -2.13. The zero-order chi connectivity index (χ0) is 22.1. The van der Waals surface area contributed by atoms with Crippen molar-refractivity contribution in [2.75, 3.05) is 5.32 Å². The monoisotopic (exact) mass is 431 g/mol. The van der Waals surface area contributed by atoms with E-state index in [-0.39, 0.29) is 22.1 Å². The van der Waals surface area contributed by atoms with Crippen molar-refractivity contribution in [3.63, 3.8) is 0 Å². The van der Waals surface area contributed by atoms with E-state index >= 15 is 0 Å². The van der Waals surface area contributed by atoms with Crippen LogP contribution in [0.1, 0.15) is 33.4 Å². The van der Waals surface area contributed by atoms with E-state index in [2.05, 4.69) is 10.4 Å². The summed E-state index contributed by atoms with van der Waals surface area (Å²) in [6, 6.07) is 12.6. The highest BCUT2D eigenvalue weighted by molar-refractivity contribution is 7.87. The molecule has 0 saturated carbocycles. The Labute approximate surface area is 174 Å². The summed E-state index contributed by atoms with van der Waals surface area (Å²) < 4.78 is 45.7. The number of amides is 1. The van der Waals surface area contributed by atoms with Crippen LogP contribution in [-0.4, -0.2) is 24.1 Å². The van der Waals surface area contributed by atoms with Gasteiger partial charge in [0.2, 0.25) is 11.8 Å². The largest absolute Gasteiger partial charge is 0.358 e. The van der Waals surface area contributed by atoms with Gasteiger partial charge in [-0.25, -0.2) is 4.39 Å². The molecule has 2 aromatic carbocycles. The van der Waals surface area contributed by atoms with Gasteiger partial charge >= 0.3 is 10.1 Å². The molecule has 3 rings (SSSR count). The minimum Gasteiger partial charge on any atom is -0.358 e. The van der Waals surface area contributed by atoms with E-state index in [0.29, 0.717) is 17.1 Å². The molecule has 30 heavy (non-hydrogen) atoms. The maximum Gasteiger partial charge on any atom is 0.340 e. The van der Waals surface area contributed by atoms with Gasteiger partial charge in [0.05, 0.1) is 11.4 Å². The zero-order valence-electron chi connectivity index (χ0n) is 17.0. The molecule has 7 nitrogen and oxygen atoms in total. The first-order valence-corrected chi connectivity index (χ1v) is 10.6. The van der Waals surface area contributed by atoms with Crippen molar-refractivity contribution in [3.8, 4) is 11.6 Å². The van der Waals surface area contributed by atoms with E-state index in [1.165, 1.54) is 60.1 Å². The summed E-state index contributed by atoms with van der Waals surface area (Å²) in [5.41, 5.74) is 1.16. The number of hydrogen-bond acceptors (Lipinski definition) is 5. The lowest BCUT2D eigenvalue weighted by molar-refractivity contribution is -0.114. The van der Waals surface area contributed by atoms with Crippen LogP contribution in [0.5, 0.6) is 5.88 Å². The molecule has 0 fully saturated rings. The fourth-order valence-corrected chi connectivity index (χ4v) is 3.53. The number of rotatable bonds is 5. The molecule has 0 aliphatic carbocycles. The molecule has 0 aliphatic heterocycles. The molecule has 0 atom stereocenters. The molecule has 1 aromatic heterocycles. The number of nitrogens with zero attached hydrogens (tertiary/aromatic N) is 2. The molecule has 0 radical (unpaired) electrons. The number of carbonyl (C=O) groups is 1. The van der Waals surface area contributed by atoms with Crippen molar-refractivity contribution in [2.24, 2.45) is 0 Å². The van der Waals surface area contributed by atoms with Crippen LogP contribution < -0.4 is 9.50 Å². The number of benzene rings is 2. The number of hydrogen-bond donors (Lipinski definition) is 1. The van der Waals surface area contributed by atoms with Crippen molar-refractivity contribution < 1.29 is 21.8 Å². The second-order valence-corrected chi connectivity index (χ2v) is 9.30. The Balaban J connectivity index is 1.99. The third kappa shape index (κ3) is 4.85. The first-order chi connectivity index (χ1) is 14.0. The van der Waals surface area contributed by atoms with E-state index in [1.54, 1.807) is 6.07 Å². The Hall–Kier alpha value is -3.20. The Kier molecular flexibility index (Phi) is 5.67. The molecule has 0 bridgehead atoms. The fraction of sp³-hybridized carbons (Fsp3) is 0.238. The summed E-state index contributed by atoms with van der Waals surface area (Å²) in [6.45, 7) is 7.16. The molecule has 1 heterocycles. The Morgan fingerprint density at radius 2 is 1.67 bits per heavy atom.